The van der Waals surface area contributed by atoms with Gasteiger partial charge in [0.05, 0.1) is 38.7 Å². The maximum absolute atomic E-state index is 13.0. The minimum absolute atomic E-state index is 0.0455. The van der Waals surface area contributed by atoms with Gasteiger partial charge in [0, 0.05) is 44.1 Å². The Morgan fingerprint density at radius 2 is 2.15 bits per heavy atom. The number of carbonyl (C=O) groups excluding carboxylic acids is 1. The van der Waals surface area contributed by atoms with Crippen molar-refractivity contribution in [3.8, 4) is 5.75 Å². The van der Waals surface area contributed by atoms with E-state index in [0.29, 0.717) is 45.6 Å². The number of likely N-dealkylation sites (N-methyl/N-ethyl adjacent to an activating group) is 1. The maximum atomic E-state index is 13.0. The molecule has 182 valence electrons. The first-order valence-electron chi connectivity index (χ1n) is 11.6. The van der Waals surface area contributed by atoms with Gasteiger partial charge in [-0.25, -0.2) is 0 Å². The van der Waals surface area contributed by atoms with E-state index in [4.69, 9.17) is 9.47 Å². The number of aryl methyl sites for hydroxylation is 1. The molecule has 3 rings (SSSR count). The quantitative estimate of drug-likeness (QED) is 0.676. The lowest BCUT2D eigenvalue weighted by Gasteiger charge is -2.35. The molecule has 33 heavy (non-hydrogen) atoms. The lowest BCUT2D eigenvalue weighted by atomic mass is 10.0. The molecule has 1 aromatic heterocycles. The molecule has 9 nitrogen and oxygen atoms in total. The zero-order valence-electron chi connectivity index (χ0n) is 20.2. The Labute approximate surface area is 196 Å². The average Bonchev–Trinajstić information content (AvgIpc) is 3.27. The van der Waals surface area contributed by atoms with Crippen molar-refractivity contribution in [3.63, 3.8) is 0 Å². The van der Waals surface area contributed by atoms with Crippen LogP contribution in [0.3, 0.4) is 0 Å². The van der Waals surface area contributed by atoms with Crippen molar-refractivity contribution in [1.29, 1.82) is 0 Å². The van der Waals surface area contributed by atoms with Crippen molar-refractivity contribution >= 4 is 5.91 Å². The van der Waals surface area contributed by atoms with Crippen molar-refractivity contribution in [2.75, 3.05) is 33.9 Å². The summed E-state index contributed by atoms with van der Waals surface area (Å²) in [6.45, 7) is 6.81. The third-order valence-electron chi connectivity index (χ3n) is 6.17. The van der Waals surface area contributed by atoms with E-state index in [1.165, 1.54) is 0 Å². The number of aliphatic hydroxyl groups is 1. The molecule has 1 aromatic carbocycles. The molecule has 9 heteroatoms. The SMILES string of the molecule is COc1ccccc1CN(C)C[C@@H]1OCc2cn(nn2)CCCC(=O)N([C@H](C)CO)C[C@@H]1C. The van der Waals surface area contributed by atoms with E-state index in [9.17, 15) is 9.90 Å². The predicted octanol–water partition coefficient (Wildman–Crippen LogP) is 1.94. The molecule has 2 aromatic rings. The predicted molar refractivity (Wildman–Crippen MR) is 125 cm³/mol. The van der Waals surface area contributed by atoms with Crippen molar-refractivity contribution < 1.29 is 19.4 Å². The lowest BCUT2D eigenvalue weighted by molar-refractivity contribution is -0.136. The van der Waals surface area contributed by atoms with Gasteiger partial charge < -0.3 is 19.5 Å². The second-order valence-electron chi connectivity index (χ2n) is 8.99. The highest BCUT2D eigenvalue weighted by Crippen LogP contribution is 2.21. The van der Waals surface area contributed by atoms with Gasteiger partial charge in [0.2, 0.25) is 5.91 Å². The summed E-state index contributed by atoms with van der Waals surface area (Å²) in [6.07, 6.45) is 2.83. The van der Waals surface area contributed by atoms with Crippen molar-refractivity contribution in [1.82, 2.24) is 24.8 Å². The molecule has 2 bridgehead atoms. The fourth-order valence-corrected chi connectivity index (χ4v) is 4.19. The minimum Gasteiger partial charge on any atom is -0.496 e. The molecule has 0 fully saturated rings. The largest absolute Gasteiger partial charge is 0.496 e. The van der Waals surface area contributed by atoms with E-state index in [-0.39, 0.29) is 30.6 Å². The van der Waals surface area contributed by atoms with Crippen LogP contribution < -0.4 is 4.74 Å². The van der Waals surface area contributed by atoms with E-state index < -0.39 is 0 Å². The zero-order chi connectivity index (χ0) is 23.8. The van der Waals surface area contributed by atoms with Crippen LogP contribution in [-0.4, -0.2) is 81.8 Å². The molecule has 0 radical (unpaired) electrons. The number of para-hydroxylation sites is 1. The van der Waals surface area contributed by atoms with E-state index in [2.05, 4.69) is 35.2 Å². The molecule has 1 amide bonds. The van der Waals surface area contributed by atoms with Crippen LogP contribution in [0.15, 0.2) is 30.5 Å². The van der Waals surface area contributed by atoms with Crippen molar-refractivity contribution in [2.24, 2.45) is 5.92 Å². The molecule has 0 unspecified atom stereocenters. The number of fused-ring (bicyclic) bond motifs is 2. The van der Waals surface area contributed by atoms with Gasteiger partial charge in [0.1, 0.15) is 11.4 Å². The summed E-state index contributed by atoms with van der Waals surface area (Å²) < 4.78 is 13.6. The number of methoxy groups -OCH3 is 1. The van der Waals surface area contributed by atoms with Gasteiger partial charge in [-0.15, -0.1) is 5.10 Å². The van der Waals surface area contributed by atoms with E-state index in [1.54, 1.807) is 16.7 Å². The second kappa shape index (κ2) is 12.1. The number of amides is 1. The van der Waals surface area contributed by atoms with E-state index in [1.807, 2.05) is 31.3 Å². The molecular weight excluding hydrogens is 422 g/mol. The Hall–Kier alpha value is -2.49. The zero-order valence-corrected chi connectivity index (χ0v) is 20.2. The number of carbonyl (C=O) groups is 1. The van der Waals surface area contributed by atoms with Gasteiger partial charge in [-0.2, -0.15) is 0 Å². The monoisotopic (exact) mass is 459 g/mol. The molecule has 3 atom stereocenters. The van der Waals surface area contributed by atoms with Crippen LogP contribution >= 0.6 is 0 Å². The number of hydrogen-bond donors (Lipinski definition) is 1. The third-order valence-corrected chi connectivity index (χ3v) is 6.17. The molecule has 0 aliphatic carbocycles. The highest BCUT2D eigenvalue weighted by Gasteiger charge is 2.28. The fourth-order valence-electron chi connectivity index (χ4n) is 4.19. The van der Waals surface area contributed by atoms with E-state index in [0.717, 1.165) is 17.0 Å². The first kappa shape index (κ1) is 25.1. The van der Waals surface area contributed by atoms with Crippen LogP contribution in [0, 0.1) is 5.92 Å². The van der Waals surface area contributed by atoms with Gasteiger partial charge in [0.25, 0.3) is 0 Å². The van der Waals surface area contributed by atoms with Gasteiger partial charge in [-0.1, -0.05) is 30.3 Å². The molecule has 0 spiro atoms. The smallest absolute Gasteiger partial charge is 0.222 e. The summed E-state index contributed by atoms with van der Waals surface area (Å²) in [5.74, 6) is 0.960. The molecular formula is C24H37N5O4. The Bertz CT molecular complexity index is 889. The minimum atomic E-state index is -0.241. The van der Waals surface area contributed by atoms with Gasteiger partial charge in [0.15, 0.2) is 0 Å². The number of rotatable bonds is 7. The van der Waals surface area contributed by atoms with Crippen LogP contribution in [-0.2, 0) is 29.2 Å². The van der Waals surface area contributed by atoms with Gasteiger partial charge >= 0.3 is 0 Å². The number of aliphatic hydroxyl groups excluding tert-OH is 1. The first-order chi connectivity index (χ1) is 15.9. The Kier molecular flexibility index (Phi) is 9.22. The molecule has 1 aliphatic heterocycles. The standard InChI is InChI=1S/C24H37N5O4/c1-18-12-29(19(2)16-30)24(31)10-7-11-28-14-21(25-26-28)17-33-23(18)15-27(3)13-20-8-5-6-9-22(20)32-4/h5-6,8-9,14,18-19,23,30H,7,10-13,15-17H2,1-4H3/t18-,19+,23-/m0/s1. The highest BCUT2D eigenvalue weighted by atomic mass is 16.5. The first-order valence-corrected chi connectivity index (χ1v) is 11.6. The summed E-state index contributed by atoms with van der Waals surface area (Å²) in [5, 5.41) is 18.1. The Morgan fingerprint density at radius 1 is 1.36 bits per heavy atom. The van der Waals surface area contributed by atoms with Crippen LogP contribution in [0.4, 0.5) is 0 Å². The summed E-state index contributed by atoms with van der Waals surface area (Å²) in [4.78, 5) is 17.0. The van der Waals surface area contributed by atoms with Crippen molar-refractivity contribution in [2.45, 2.75) is 58.5 Å². The number of ether oxygens (including phenoxy) is 2. The van der Waals surface area contributed by atoms with Crippen LogP contribution in [0.25, 0.3) is 0 Å². The molecule has 1 aliphatic rings. The Balaban J connectivity index is 1.77. The van der Waals surface area contributed by atoms with E-state index >= 15 is 0 Å². The van der Waals surface area contributed by atoms with Crippen LogP contribution in [0.5, 0.6) is 5.75 Å². The summed E-state index contributed by atoms with van der Waals surface area (Å²) in [6, 6.07) is 7.75. The number of hydrogen-bond acceptors (Lipinski definition) is 7. The fraction of sp³-hybridized carbons (Fsp3) is 0.625. The topological polar surface area (TPSA) is 93.0 Å². The van der Waals surface area contributed by atoms with Crippen molar-refractivity contribution in [3.05, 3.63) is 41.7 Å². The Morgan fingerprint density at radius 3 is 2.91 bits per heavy atom. The lowest BCUT2D eigenvalue weighted by Crippen LogP contribution is -2.47. The molecule has 0 saturated heterocycles. The summed E-state index contributed by atoms with van der Waals surface area (Å²) >= 11 is 0. The normalized spacial score (nSPS) is 21.3. The molecule has 0 saturated carbocycles. The van der Waals surface area contributed by atoms with Gasteiger partial charge in [-0.3, -0.25) is 14.4 Å². The van der Waals surface area contributed by atoms with Gasteiger partial charge in [-0.05, 0) is 26.5 Å². The van der Waals surface area contributed by atoms with Crippen LogP contribution in [0.2, 0.25) is 0 Å². The van der Waals surface area contributed by atoms with Crippen LogP contribution in [0.1, 0.15) is 37.9 Å². The number of aromatic nitrogens is 3. The average molecular weight is 460 g/mol. The third kappa shape index (κ3) is 6.99. The molecule has 1 N–H and O–H groups in total. The summed E-state index contributed by atoms with van der Waals surface area (Å²) in [7, 11) is 3.74. The molecule has 2 heterocycles. The summed E-state index contributed by atoms with van der Waals surface area (Å²) in [5.41, 5.74) is 1.89. The highest BCUT2D eigenvalue weighted by molar-refractivity contribution is 5.76. The number of benzene rings is 1. The number of nitrogens with zero attached hydrogens (tertiary/aromatic N) is 5. The maximum Gasteiger partial charge on any atom is 0.222 e. The second-order valence-corrected chi connectivity index (χ2v) is 8.99.